The molecule has 0 radical (unpaired) electrons. The highest BCUT2D eigenvalue weighted by Gasteiger charge is 2.14. The van der Waals surface area contributed by atoms with E-state index < -0.39 is 0 Å². The molecule has 0 bridgehead atoms. The zero-order valence-electron chi connectivity index (χ0n) is 15.9. The predicted octanol–water partition coefficient (Wildman–Crippen LogP) is 4.27. The highest BCUT2D eigenvalue weighted by Crippen LogP contribution is 2.34. The van der Waals surface area contributed by atoms with Gasteiger partial charge < -0.3 is 10.5 Å². The summed E-state index contributed by atoms with van der Waals surface area (Å²) in [6.07, 6.45) is 1.74. The molecule has 0 atom stereocenters. The normalized spacial score (nSPS) is 10.5. The summed E-state index contributed by atoms with van der Waals surface area (Å²) in [6, 6.07) is 23.1. The molecule has 0 fully saturated rings. The van der Waals surface area contributed by atoms with Crippen molar-refractivity contribution in [1.29, 1.82) is 5.26 Å². The van der Waals surface area contributed by atoms with Crippen molar-refractivity contribution in [2.45, 2.75) is 6.54 Å². The van der Waals surface area contributed by atoms with Crippen molar-refractivity contribution in [3.05, 3.63) is 84.1 Å². The first-order valence-electron chi connectivity index (χ1n) is 9.15. The summed E-state index contributed by atoms with van der Waals surface area (Å²) in [7, 11) is 1.82. The Morgan fingerprint density at radius 2 is 1.86 bits per heavy atom. The molecule has 0 aliphatic carbocycles. The average Bonchev–Trinajstić information content (AvgIpc) is 3.14. The number of nitriles is 1. The number of rotatable bonds is 5. The van der Waals surface area contributed by atoms with Crippen LogP contribution in [0.4, 0.5) is 0 Å². The molecule has 6 heteroatoms. The van der Waals surface area contributed by atoms with Crippen LogP contribution in [0.3, 0.4) is 0 Å². The van der Waals surface area contributed by atoms with E-state index in [0.29, 0.717) is 23.7 Å². The fraction of sp³-hybridized carbons (Fsp3) is 0.0870. The number of benzene rings is 2. The Bertz CT molecular complexity index is 1170. The van der Waals surface area contributed by atoms with Crippen molar-refractivity contribution >= 4 is 0 Å². The molecule has 2 aromatic carbocycles. The summed E-state index contributed by atoms with van der Waals surface area (Å²) in [5.74, 6) is 1.11. The molecule has 4 aromatic rings. The number of nitrogens with two attached hydrogens (primary N) is 1. The summed E-state index contributed by atoms with van der Waals surface area (Å²) in [5, 5.41) is 13.9. The molecule has 0 unspecified atom stereocenters. The van der Waals surface area contributed by atoms with Crippen LogP contribution in [0.25, 0.3) is 22.5 Å². The first kappa shape index (κ1) is 18.4. The third kappa shape index (κ3) is 3.86. The highest BCUT2D eigenvalue weighted by molar-refractivity contribution is 5.69. The van der Waals surface area contributed by atoms with Crippen molar-refractivity contribution in [1.82, 2.24) is 14.8 Å². The van der Waals surface area contributed by atoms with Crippen LogP contribution in [0.2, 0.25) is 0 Å². The molecule has 0 aliphatic rings. The number of aromatic nitrogens is 3. The van der Waals surface area contributed by atoms with Gasteiger partial charge in [0.25, 0.3) is 0 Å². The van der Waals surface area contributed by atoms with Gasteiger partial charge in [-0.15, -0.1) is 0 Å². The molecule has 0 saturated carbocycles. The van der Waals surface area contributed by atoms with Gasteiger partial charge in [-0.3, -0.25) is 4.98 Å². The van der Waals surface area contributed by atoms with Crippen molar-refractivity contribution in [2.24, 2.45) is 12.8 Å². The Labute approximate surface area is 168 Å². The van der Waals surface area contributed by atoms with E-state index in [0.717, 1.165) is 28.1 Å². The number of hydrogen-bond acceptors (Lipinski definition) is 5. The maximum atomic E-state index is 9.31. The molecule has 2 aromatic heterocycles. The number of ether oxygens (including phenoxy) is 1. The van der Waals surface area contributed by atoms with E-state index in [-0.39, 0.29) is 0 Å². The van der Waals surface area contributed by atoms with Crippen LogP contribution in [-0.2, 0) is 13.6 Å². The quantitative estimate of drug-likeness (QED) is 0.557. The van der Waals surface area contributed by atoms with Crippen LogP contribution in [0.5, 0.6) is 11.6 Å². The van der Waals surface area contributed by atoms with Gasteiger partial charge in [-0.2, -0.15) is 10.4 Å². The molecule has 4 rings (SSSR count). The first-order valence-corrected chi connectivity index (χ1v) is 9.15. The molecule has 29 heavy (non-hydrogen) atoms. The van der Waals surface area contributed by atoms with Crippen LogP contribution < -0.4 is 10.5 Å². The molecule has 0 saturated heterocycles. The van der Waals surface area contributed by atoms with Crippen molar-refractivity contribution < 1.29 is 4.74 Å². The Hall–Kier alpha value is -3.95. The summed E-state index contributed by atoms with van der Waals surface area (Å²) >= 11 is 0. The molecule has 0 aliphatic heterocycles. The SMILES string of the molecule is Cn1nc(-c2ccccc2)cc1Oc1cc(C#N)ccc1-c1ccc(CN)cn1. The minimum Gasteiger partial charge on any atom is -0.439 e. The second-order valence-electron chi connectivity index (χ2n) is 6.54. The zero-order chi connectivity index (χ0) is 20.2. The monoisotopic (exact) mass is 381 g/mol. The zero-order valence-corrected chi connectivity index (χ0v) is 15.9. The highest BCUT2D eigenvalue weighted by atomic mass is 16.5. The van der Waals surface area contributed by atoms with E-state index in [2.05, 4.69) is 16.2 Å². The van der Waals surface area contributed by atoms with Gasteiger partial charge in [0.05, 0.1) is 23.0 Å². The van der Waals surface area contributed by atoms with E-state index in [1.54, 1.807) is 23.0 Å². The number of aryl methyl sites for hydroxylation is 1. The Morgan fingerprint density at radius 3 is 2.55 bits per heavy atom. The largest absolute Gasteiger partial charge is 0.439 e. The topological polar surface area (TPSA) is 89.8 Å². The van der Waals surface area contributed by atoms with Gasteiger partial charge in [-0.25, -0.2) is 4.68 Å². The van der Waals surface area contributed by atoms with Crippen LogP contribution in [0, 0.1) is 11.3 Å². The lowest BCUT2D eigenvalue weighted by atomic mass is 10.1. The number of pyridine rings is 1. The van der Waals surface area contributed by atoms with Gasteiger partial charge in [0.15, 0.2) is 0 Å². The molecule has 6 nitrogen and oxygen atoms in total. The fourth-order valence-electron chi connectivity index (χ4n) is 3.00. The average molecular weight is 381 g/mol. The van der Waals surface area contributed by atoms with Crippen molar-refractivity contribution in [3.63, 3.8) is 0 Å². The molecular weight excluding hydrogens is 362 g/mol. The maximum Gasteiger partial charge on any atom is 0.218 e. The molecule has 0 amide bonds. The van der Waals surface area contributed by atoms with Crippen LogP contribution >= 0.6 is 0 Å². The van der Waals surface area contributed by atoms with E-state index >= 15 is 0 Å². The second-order valence-corrected chi connectivity index (χ2v) is 6.54. The van der Waals surface area contributed by atoms with E-state index in [1.165, 1.54) is 0 Å². The van der Waals surface area contributed by atoms with Gasteiger partial charge in [0, 0.05) is 37.0 Å². The fourth-order valence-corrected chi connectivity index (χ4v) is 3.00. The predicted molar refractivity (Wildman–Crippen MR) is 111 cm³/mol. The molecule has 142 valence electrons. The summed E-state index contributed by atoms with van der Waals surface area (Å²) in [4.78, 5) is 4.49. The molecule has 2 heterocycles. The lowest BCUT2D eigenvalue weighted by molar-refractivity contribution is 0.432. The lowest BCUT2D eigenvalue weighted by Gasteiger charge is -2.11. The van der Waals surface area contributed by atoms with Gasteiger partial charge in [0.2, 0.25) is 5.88 Å². The minimum absolute atomic E-state index is 0.432. The number of nitrogens with zero attached hydrogens (tertiary/aromatic N) is 4. The van der Waals surface area contributed by atoms with E-state index in [1.807, 2.05) is 61.6 Å². The summed E-state index contributed by atoms with van der Waals surface area (Å²) in [5.41, 5.74) is 10.5. The Balaban J connectivity index is 1.73. The van der Waals surface area contributed by atoms with Gasteiger partial charge in [0.1, 0.15) is 5.75 Å². The van der Waals surface area contributed by atoms with Crippen LogP contribution in [-0.4, -0.2) is 14.8 Å². The van der Waals surface area contributed by atoms with Gasteiger partial charge >= 0.3 is 0 Å². The maximum absolute atomic E-state index is 9.31. The lowest BCUT2D eigenvalue weighted by Crippen LogP contribution is -1.99. The van der Waals surface area contributed by atoms with Gasteiger partial charge in [-0.1, -0.05) is 36.4 Å². The van der Waals surface area contributed by atoms with Crippen LogP contribution in [0.1, 0.15) is 11.1 Å². The minimum atomic E-state index is 0.432. The van der Waals surface area contributed by atoms with Crippen LogP contribution in [0.15, 0.2) is 72.9 Å². The molecule has 2 N–H and O–H groups in total. The summed E-state index contributed by atoms with van der Waals surface area (Å²) < 4.78 is 7.86. The van der Waals surface area contributed by atoms with E-state index in [4.69, 9.17) is 10.5 Å². The standard InChI is InChI=1S/C23H19N5O/c1-28-23(12-21(27-28)18-5-3-2-4-6-18)29-22-11-16(13-24)7-9-19(22)20-10-8-17(14-25)15-26-20/h2-12,15H,14,25H2,1H3. The third-order valence-electron chi connectivity index (χ3n) is 4.57. The van der Waals surface area contributed by atoms with E-state index in [9.17, 15) is 5.26 Å². The first-order chi connectivity index (χ1) is 14.2. The Morgan fingerprint density at radius 1 is 1.03 bits per heavy atom. The third-order valence-corrected chi connectivity index (χ3v) is 4.57. The van der Waals surface area contributed by atoms with Crippen molar-refractivity contribution in [2.75, 3.05) is 0 Å². The second kappa shape index (κ2) is 7.97. The molecule has 0 spiro atoms. The Kier molecular flexibility index (Phi) is 5.06. The smallest absolute Gasteiger partial charge is 0.218 e. The van der Waals surface area contributed by atoms with Crippen molar-refractivity contribution in [3.8, 4) is 40.2 Å². The molecular formula is C23H19N5O. The summed E-state index contributed by atoms with van der Waals surface area (Å²) in [6.45, 7) is 0.432. The number of hydrogen-bond donors (Lipinski definition) is 1. The van der Waals surface area contributed by atoms with Gasteiger partial charge in [-0.05, 0) is 29.8 Å².